The van der Waals surface area contributed by atoms with Crippen molar-refractivity contribution in [2.24, 2.45) is 5.10 Å². The molecule has 1 N–H and O–H groups in total. The number of nitrogens with zero attached hydrogens (tertiary/aromatic N) is 2. The van der Waals surface area contributed by atoms with Crippen LogP contribution >= 0.6 is 11.6 Å². The maximum atomic E-state index is 12.7. The molecule has 3 rings (SSSR count). The van der Waals surface area contributed by atoms with Gasteiger partial charge in [-0.2, -0.15) is 5.10 Å². The average molecular weight is 424 g/mol. The minimum Gasteiger partial charge on any atom is -0.491 e. The van der Waals surface area contributed by atoms with Crippen LogP contribution < -0.4 is 15.7 Å². The summed E-state index contributed by atoms with van der Waals surface area (Å²) in [7, 11) is 0. The van der Waals surface area contributed by atoms with Crippen LogP contribution in [0.15, 0.2) is 76.8 Å². The Hall–Kier alpha value is -3.38. The Labute approximate surface area is 179 Å². The van der Waals surface area contributed by atoms with Gasteiger partial charge in [0, 0.05) is 11.2 Å². The molecule has 1 heterocycles. The number of hydrogen-bond donors (Lipinski definition) is 1. The number of ether oxygens (including phenoxy) is 1. The minimum atomic E-state index is -0.579. The van der Waals surface area contributed by atoms with Crippen molar-refractivity contribution in [1.82, 2.24) is 9.99 Å². The summed E-state index contributed by atoms with van der Waals surface area (Å²) in [6, 6.07) is 17.7. The molecule has 0 saturated heterocycles. The van der Waals surface area contributed by atoms with Gasteiger partial charge < -0.3 is 9.30 Å². The van der Waals surface area contributed by atoms with E-state index in [4.69, 9.17) is 16.3 Å². The topological polar surface area (TPSA) is 72.7 Å². The predicted molar refractivity (Wildman–Crippen MR) is 119 cm³/mol. The van der Waals surface area contributed by atoms with Gasteiger partial charge in [0.1, 0.15) is 11.3 Å². The fourth-order valence-electron chi connectivity index (χ4n) is 2.77. The lowest BCUT2D eigenvalue weighted by molar-refractivity contribution is 0.0953. The fraction of sp³-hybridized carbons (Fsp3) is 0.174. The van der Waals surface area contributed by atoms with E-state index in [0.717, 1.165) is 16.9 Å². The molecule has 7 heteroatoms. The largest absolute Gasteiger partial charge is 0.491 e. The van der Waals surface area contributed by atoms with Crippen molar-refractivity contribution in [2.75, 3.05) is 0 Å². The van der Waals surface area contributed by atoms with Crippen LogP contribution in [-0.4, -0.2) is 22.8 Å². The normalized spacial score (nSPS) is 11.1. The Morgan fingerprint density at radius 1 is 1.13 bits per heavy atom. The quantitative estimate of drug-likeness (QED) is 0.459. The monoisotopic (exact) mass is 423 g/mol. The average Bonchev–Trinajstić information content (AvgIpc) is 2.72. The van der Waals surface area contributed by atoms with Crippen molar-refractivity contribution in [1.29, 1.82) is 0 Å². The number of benzene rings is 2. The summed E-state index contributed by atoms with van der Waals surface area (Å²) < 4.78 is 7.02. The molecule has 0 bridgehead atoms. The molecule has 0 radical (unpaired) electrons. The highest BCUT2D eigenvalue weighted by molar-refractivity contribution is 6.31. The first kappa shape index (κ1) is 21.3. The van der Waals surface area contributed by atoms with Gasteiger partial charge in [-0.1, -0.05) is 29.8 Å². The number of halogens is 1. The van der Waals surface area contributed by atoms with E-state index in [1.54, 1.807) is 18.3 Å². The SMILES string of the molecule is CC(C)Oc1ccc(/C=N\NC(=O)c2cccn(Cc3ccccc3Cl)c2=O)cc1. The van der Waals surface area contributed by atoms with Crippen molar-refractivity contribution in [3.63, 3.8) is 0 Å². The molecule has 154 valence electrons. The Morgan fingerprint density at radius 2 is 1.87 bits per heavy atom. The lowest BCUT2D eigenvalue weighted by Crippen LogP contribution is -2.30. The number of rotatable bonds is 7. The highest BCUT2D eigenvalue weighted by atomic mass is 35.5. The van der Waals surface area contributed by atoms with Gasteiger partial charge in [0.2, 0.25) is 0 Å². The second-order valence-electron chi connectivity index (χ2n) is 6.88. The van der Waals surface area contributed by atoms with E-state index in [0.29, 0.717) is 5.02 Å². The summed E-state index contributed by atoms with van der Waals surface area (Å²) in [5.74, 6) is 0.180. The number of carbonyl (C=O) groups excluding carboxylic acids is 1. The van der Waals surface area contributed by atoms with E-state index in [1.165, 1.54) is 16.8 Å². The van der Waals surface area contributed by atoms with E-state index < -0.39 is 11.5 Å². The number of amides is 1. The lowest BCUT2D eigenvalue weighted by Gasteiger charge is -2.09. The standard InChI is InChI=1S/C23H22ClN3O3/c1-16(2)30-19-11-9-17(10-12-19)14-25-26-22(28)20-7-5-13-27(23(20)29)15-18-6-3-4-8-21(18)24/h3-14,16H,15H2,1-2H3,(H,26,28)/b25-14-. The number of nitrogens with one attached hydrogen (secondary N) is 1. The summed E-state index contributed by atoms with van der Waals surface area (Å²) in [5.41, 5.74) is 3.56. The lowest BCUT2D eigenvalue weighted by atomic mass is 10.2. The summed E-state index contributed by atoms with van der Waals surface area (Å²) in [6.07, 6.45) is 3.21. The maximum Gasteiger partial charge on any atom is 0.276 e. The minimum absolute atomic E-state index is 0.00221. The van der Waals surface area contributed by atoms with Gasteiger partial charge in [-0.3, -0.25) is 9.59 Å². The van der Waals surface area contributed by atoms with Crippen LogP contribution in [0.2, 0.25) is 5.02 Å². The first-order valence-corrected chi connectivity index (χ1v) is 9.85. The summed E-state index contributed by atoms with van der Waals surface area (Å²) >= 11 is 6.17. The zero-order valence-corrected chi connectivity index (χ0v) is 17.5. The third kappa shape index (κ3) is 5.58. The Bertz CT molecular complexity index is 1110. The number of hydrogen-bond acceptors (Lipinski definition) is 4. The molecule has 0 unspecified atom stereocenters. The Kier molecular flexibility index (Phi) is 7.03. The third-order valence-corrected chi connectivity index (χ3v) is 4.56. The zero-order valence-electron chi connectivity index (χ0n) is 16.7. The van der Waals surface area contributed by atoms with Gasteiger partial charge in [-0.25, -0.2) is 5.43 Å². The fourth-order valence-corrected chi connectivity index (χ4v) is 2.97. The van der Waals surface area contributed by atoms with E-state index in [9.17, 15) is 9.59 Å². The van der Waals surface area contributed by atoms with Crippen LogP contribution in [0.5, 0.6) is 5.75 Å². The number of carbonyl (C=O) groups is 1. The van der Waals surface area contributed by atoms with Gasteiger partial charge in [0.15, 0.2) is 0 Å². The van der Waals surface area contributed by atoms with Gasteiger partial charge >= 0.3 is 0 Å². The van der Waals surface area contributed by atoms with Crippen molar-refractivity contribution in [2.45, 2.75) is 26.5 Å². The smallest absolute Gasteiger partial charge is 0.276 e. The molecule has 0 aliphatic carbocycles. The van der Waals surface area contributed by atoms with Crippen molar-refractivity contribution < 1.29 is 9.53 Å². The molecule has 30 heavy (non-hydrogen) atoms. The van der Waals surface area contributed by atoms with Crippen LogP contribution in [0.25, 0.3) is 0 Å². The predicted octanol–water partition coefficient (Wildman–Crippen LogP) is 4.10. The van der Waals surface area contributed by atoms with E-state index in [-0.39, 0.29) is 18.2 Å². The number of aromatic nitrogens is 1. The van der Waals surface area contributed by atoms with Crippen molar-refractivity contribution in [3.8, 4) is 5.75 Å². The highest BCUT2D eigenvalue weighted by Crippen LogP contribution is 2.15. The Morgan fingerprint density at radius 3 is 2.57 bits per heavy atom. The molecule has 0 saturated carbocycles. The molecule has 0 aliphatic rings. The summed E-state index contributed by atoms with van der Waals surface area (Å²) in [5, 5.41) is 4.51. The molecular formula is C23H22ClN3O3. The second-order valence-corrected chi connectivity index (χ2v) is 7.29. The van der Waals surface area contributed by atoms with E-state index in [1.807, 2.05) is 56.3 Å². The van der Waals surface area contributed by atoms with Crippen LogP contribution in [0, 0.1) is 0 Å². The molecule has 2 aromatic carbocycles. The van der Waals surface area contributed by atoms with Crippen LogP contribution in [-0.2, 0) is 6.54 Å². The van der Waals surface area contributed by atoms with Crippen LogP contribution in [0.1, 0.15) is 35.3 Å². The summed E-state index contributed by atoms with van der Waals surface area (Å²) in [4.78, 5) is 25.1. The second kappa shape index (κ2) is 9.89. The molecule has 0 atom stereocenters. The van der Waals surface area contributed by atoms with E-state index >= 15 is 0 Å². The third-order valence-electron chi connectivity index (χ3n) is 4.19. The first-order chi connectivity index (χ1) is 14.4. The zero-order chi connectivity index (χ0) is 21.5. The molecular weight excluding hydrogens is 402 g/mol. The van der Waals surface area contributed by atoms with Crippen molar-refractivity contribution in [3.05, 3.63) is 98.9 Å². The van der Waals surface area contributed by atoms with Gasteiger partial charge in [0.25, 0.3) is 11.5 Å². The molecule has 0 fully saturated rings. The van der Waals surface area contributed by atoms with Crippen molar-refractivity contribution >= 4 is 23.7 Å². The van der Waals surface area contributed by atoms with E-state index in [2.05, 4.69) is 10.5 Å². The maximum absolute atomic E-state index is 12.7. The van der Waals surface area contributed by atoms with Gasteiger partial charge in [-0.05, 0) is 67.4 Å². The molecule has 1 aromatic heterocycles. The molecule has 0 aliphatic heterocycles. The van der Waals surface area contributed by atoms with Gasteiger partial charge in [-0.15, -0.1) is 0 Å². The van der Waals surface area contributed by atoms with Gasteiger partial charge in [0.05, 0.1) is 18.9 Å². The summed E-state index contributed by atoms with van der Waals surface area (Å²) in [6.45, 7) is 4.18. The molecule has 1 amide bonds. The first-order valence-electron chi connectivity index (χ1n) is 9.47. The number of hydrazone groups is 1. The van der Waals surface area contributed by atoms with Crippen LogP contribution in [0.4, 0.5) is 0 Å². The number of pyridine rings is 1. The molecule has 6 nitrogen and oxygen atoms in total. The molecule has 0 spiro atoms. The highest BCUT2D eigenvalue weighted by Gasteiger charge is 2.12. The molecule has 3 aromatic rings. The van der Waals surface area contributed by atoms with Crippen LogP contribution in [0.3, 0.4) is 0 Å². The Balaban J connectivity index is 1.68.